The van der Waals surface area contributed by atoms with E-state index >= 15 is 0 Å². The van der Waals surface area contributed by atoms with Gasteiger partial charge in [-0.1, -0.05) is 63.4 Å². The van der Waals surface area contributed by atoms with E-state index in [0.717, 1.165) is 57.2 Å². The Bertz CT molecular complexity index is 1320. The maximum absolute atomic E-state index is 14.6. The number of amides is 2. The van der Waals surface area contributed by atoms with Crippen molar-refractivity contribution in [3.05, 3.63) is 66.4 Å². The summed E-state index contributed by atoms with van der Waals surface area (Å²) in [6, 6.07) is 18.3. The standard InChI is InChI=1S/C33H41N5O3/c1-23(2)30(31(39)34-25-14-8-5-9-15-25)38(26-16-18-27(41-3)19-17-26)32(40)29-22-28(24-12-6-4-7-13-24)35-33(36-29)37-20-10-11-21-37/h4,6-7,12-13,16-19,22-23,25,30H,5,8-11,14-15,20-21H2,1-3H3,(H,34,39)/t30-/m0/s1. The third-order valence-electron chi connectivity index (χ3n) is 8.09. The first-order chi connectivity index (χ1) is 19.9. The normalized spacial score (nSPS) is 16.4. The fraction of sp³-hybridized carbons (Fsp3) is 0.455. The summed E-state index contributed by atoms with van der Waals surface area (Å²) >= 11 is 0. The number of rotatable bonds is 9. The molecule has 5 rings (SSSR count). The average Bonchev–Trinajstić information content (AvgIpc) is 3.55. The molecule has 2 amide bonds. The van der Waals surface area contributed by atoms with E-state index in [9.17, 15) is 9.59 Å². The van der Waals surface area contributed by atoms with Crippen LogP contribution in [0.2, 0.25) is 0 Å². The predicted molar refractivity (Wildman–Crippen MR) is 162 cm³/mol. The van der Waals surface area contributed by atoms with Gasteiger partial charge in [-0.3, -0.25) is 14.5 Å². The number of anilines is 2. The number of hydrogen-bond acceptors (Lipinski definition) is 6. The summed E-state index contributed by atoms with van der Waals surface area (Å²) in [4.78, 5) is 41.9. The van der Waals surface area contributed by atoms with Crippen LogP contribution in [0.5, 0.6) is 5.75 Å². The van der Waals surface area contributed by atoms with Crippen LogP contribution in [0.3, 0.4) is 0 Å². The Labute approximate surface area is 243 Å². The minimum atomic E-state index is -0.719. The number of aromatic nitrogens is 2. The van der Waals surface area contributed by atoms with Crippen LogP contribution in [0.1, 0.15) is 69.3 Å². The molecule has 1 aliphatic carbocycles. The molecule has 1 aromatic heterocycles. The summed E-state index contributed by atoms with van der Waals surface area (Å²) in [6.45, 7) is 5.68. The molecule has 3 aromatic rings. The zero-order chi connectivity index (χ0) is 28.8. The van der Waals surface area contributed by atoms with Gasteiger partial charge >= 0.3 is 0 Å². The fourth-order valence-corrected chi connectivity index (χ4v) is 5.88. The molecule has 2 aromatic carbocycles. The topological polar surface area (TPSA) is 87.7 Å². The van der Waals surface area contributed by atoms with Crippen molar-refractivity contribution in [2.45, 2.75) is 70.9 Å². The Hall–Kier alpha value is -3.94. The molecule has 1 N–H and O–H groups in total. The van der Waals surface area contributed by atoms with Crippen LogP contribution in [0.25, 0.3) is 11.3 Å². The molecule has 8 heteroatoms. The first-order valence-corrected chi connectivity index (χ1v) is 14.9. The van der Waals surface area contributed by atoms with Crippen molar-refractivity contribution in [1.29, 1.82) is 0 Å². The minimum absolute atomic E-state index is 0.131. The van der Waals surface area contributed by atoms with E-state index in [4.69, 9.17) is 14.7 Å². The maximum atomic E-state index is 14.6. The monoisotopic (exact) mass is 555 g/mol. The number of benzene rings is 2. The Balaban J connectivity index is 1.58. The summed E-state index contributed by atoms with van der Waals surface area (Å²) in [7, 11) is 1.61. The number of carbonyl (C=O) groups is 2. The van der Waals surface area contributed by atoms with Crippen molar-refractivity contribution in [3.63, 3.8) is 0 Å². The summed E-state index contributed by atoms with van der Waals surface area (Å²) < 4.78 is 5.38. The van der Waals surface area contributed by atoms with Crippen molar-refractivity contribution in [3.8, 4) is 17.0 Å². The molecule has 2 fully saturated rings. The molecular weight excluding hydrogens is 514 g/mol. The lowest BCUT2D eigenvalue weighted by Gasteiger charge is -2.35. The van der Waals surface area contributed by atoms with Crippen LogP contribution in [-0.4, -0.2) is 54.1 Å². The molecule has 216 valence electrons. The largest absolute Gasteiger partial charge is 0.497 e. The van der Waals surface area contributed by atoms with Gasteiger partial charge in [-0.15, -0.1) is 0 Å². The van der Waals surface area contributed by atoms with Gasteiger partial charge in [-0.2, -0.15) is 0 Å². The highest BCUT2D eigenvalue weighted by Gasteiger charge is 2.36. The van der Waals surface area contributed by atoms with Crippen molar-refractivity contribution in [2.75, 3.05) is 30.0 Å². The average molecular weight is 556 g/mol. The molecule has 1 aliphatic heterocycles. The lowest BCUT2D eigenvalue weighted by Crippen LogP contribution is -2.55. The first kappa shape index (κ1) is 28.6. The van der Waals surface area contributed by atoms with Gasteiger partial charge in [0.15, 0.2) is 0 Å². The molecule has 2 aliphatic rings. The third-order valence-corrected chi connectivity index (χ3v) is 8.09. The zero-order valence-electron chi connectivity index (χ0n) is 24.4. The number of ether oxygens (including phenoxy) is 1. The van der Waals surface area contributed by atoms with Crippen LogP contribution >= 0.6 is 0 Å². The Morgan fingerprint density at radius 2 is 1.61 bits per heavy atom. The number of nitrogens with zero attached hydrogens (tertiary/aromatic N) is 4. The predicted octanol–water partition coefficient (Wildman–Crippen LogP) is 5.87. The highest BCUT2D eigenvalue weighted by atomic mass is 16.5. The second-order valence-electron chi connectivity index (χ2n) is 11.4. The Morgan fingerprint density at radius 1 is 0.927 bits per heavy atom. The molecule has 8 nitrogen and oxygen atoms in total. The Kier molecular flexibility index (Phi) is 9.17. The molecular formula is C33H41N5O3. The van der Waals surface area contributed by atoms with E-state index in [1.54, 1.807) is 18.1 Å². The Morgan fingerprint density at radius 3 is 2.24 bits per heavy atom. The van der Waals surface area contributed by atoms with Crippen molar-refractivity contribution in [1.82, 2.24) is 15.3 Å². The lowest BCUT2D eigenvalue weighted by molar-refractivity contribution is -0.124. The summed E-state index contributed by atoms with van der Waals surface area (Å²) in [5.41, 5.74) is 2.49. The highest BCUT2D eigenvalue weighted by Crippen LogP contribution is 2.29. The number of methoxy groups -OCH3 is 1. The maximum Gasteiger partial charge on any atom is 0.277 e. The molecule has 0 unspecified atom stereocenters. The molecule has 1 atom stereocenters. The van der Waals surface area contributed by atoms with E-state index in [2.05, 4.69) is 10.2 Å². The van der Waals surface area contributed by atoms with E-state index in [1.165, 1.54) is 6.42 Å². The van der Waals surface area contributed by atoms with Gasteiger partial charge in [0.25, 0.3) is 5.91 Å². The second-order valence-corrected chi connectivity index (χ2v) is 11.4. The van der Waals surface area contributed by atoms with Gasteiger partial charge in [-0.05, 0) is 61.9 Å². The van der Waals surface area contributed by atoms with E-state index in [0.29, 0.717) is 23.1 Å². The van der Waals surface area contributed by atoms with Gasteiger partial charge in [0.1, 0.15) is 17.5 Å². The number of hydrogen-bond donors (Lipinski definition) is 1. The van der Waals surface area contributed by atoms with E-state index in [1.807, 2.05) is 68.4 Å². The van der Waals surface area contributed by atoms with Gasteiger partial charge in [0.05, 0.1) is 12.8 Å². The van der Waals surface area contributed by atoms with Crippen molar-refractivity contribution < 1.29 is 14.3 Å². The second kappa shape index (κ2) is 13.1. The van der Waals surface area contributed by atoms with Crippen molar-refractivity contribution >= 4 is 23.5 Å². The van der Waals surface area contributed by atoms with Gasteiger partial charge in [0, 0.05) is 30.4 Å². The molecule has 1 saturated heterocycles. The summed E-state index contributed by atoms with van der Waals surface area (Å²) in [6.07, 6.45) is 7.50. The quantitative estimate of drug-likeness (QED) is 0.355. The minimum Gasteiger partial charge on any atom is -0.497 e. The lowest BCUT2D eigenvalue weighted by atomic mass is 9.94. The molecule has 0 radical (unpaired) electrons. The first-order valence-electron chi connectivity index (χ1n) is 14.9. The summed E-state index contributed by atoms with van der Waals surface area (Å²) in [5, 5.41) is 3.27. The van der Waals surface area contributed by atoms with Crippen LogP contribution in [-0.2, 0) is 4.79 Å². The van der Waals surface area contributed by atoms with E-state index in [-0.39, 0.29) is 29.5 Å². The SMILES string of the molecule is COc1ccc(N(C(=O)c2cc(-c3ccccc3)nc(N3CCCC3)n2)[C@H](C(=O)NC2CCCCC2)C(C)C)cc1. The van der Waals surface area contributed by atoms with Gasteiger partial charge in [0.2, 0.25) is 11.9 Å². The zero-order valence-corrected chi connectivity index (χ0v) is 24.4. The molecule has 1 saturated carbocycles. The molecule has 0 bridgehead atoms. The number of nitrogens with one attached hydrogen (secondary N) is 1. The fourth-order valence-electron chi connectivity index (χ4n) is 5.88. The number of carbonyl (C=O) groups excluding carboxylic acids is 2. The summed E-state index contributed by atoms with van der Waals surface area (Å²) in [5.74, 6) is 0.632. The smallest absolute Gasteiger partial charge is 0.277 e. The van der Waals surface area contributed by atoms with Gasteiger partial charge < -0.3 is 15.0 Å². The molecule has 0 spiro atoms. The third kappa shape index (κ3) is 6.69. The van der Waals surface area contributed by atoms with Crippen LogP contribution in [0.4, 0.5) is 11.6 Å². The van der Waals surface area contributed by atoms with Gasteiger partial charge in [-0.25, -0.2) is 9.97 Å². The van der Waals surface area contributed by atoms with E-state index < -0.39 is 6.04 Å². The molecule has 41 heavy (non-hydrogen) atoms. The molecule has 2 heterocycles. The van der Waals surface area contributed by atoms with Crippen LogP contribution in [0, 0.1) is 5.92 Å². The van der Waals surface area contributed by atoms with Crippen LogP contribution in [0.15, 0.2) is 60.7 Å². The van der Waals surface area contributed by atoms with Crippen LogP contribution < -0.4 is 19.9 Å². The van der Waals surface area contributed by atoms with Crippen molar-refractivity contribution in [2.24, 2.45) is 5.92 Å². The highest BCUT2D eigenvalue weighted by molar-refractivity contribution is 6.09.